The van der Waals surface area contributed by atoms with Crippen LogP contribution in [0.15, 0.2) is 24.5 Å². The molecule has 33 heavy (non-hydrogen) atoms. The average molecular weight is 453 g/mol. The molecule has 0 spiro atoms. The van der Waals surface area contributed by atoms with Crippen LogP contribution in [-0.2, 0) is 6.54 Å². The van der Waals surface area contributed by atoms with Crippen molar-refractivity contribution >= 4 is 11.8 Å². The molecular weight excluding hydrogens is 412 g/mol. The van der Waals surface area contributed by atoms with E-state index >= 15 is 0 Å². The van der Waals surface area contributed by atoms with Crippen molar-refractivity contribution in [1.29, 1.82) is 0 Å². The predicted octanol–water partition coefficient (Wildman–Crippen LogP) is 4.89. The standard InChI is InChI=1S/C26H40N6O/c1-3-6-18(2)30-26-29-17-23(25(32-26)31-21-10-12-22(33)13-11-21)24-14-9-19(16-28-24)15-27-20-7-4-5-8-20/h9,14,16-18,20-22,27,33H,3-8,10-13,15H2,1-2H3,(H2,29,30,31,32). The second kappa shape index (κ2) is 11.7. The summed E-state index contributed by atoms with van der Waals surface area (Å²) in [5.74, 6) is 1.47. The van der Waals surface area contributed by atoms with Gasteiger partial charge in [0.15, 0.2) is 0 Å². The van der Waals surface area contributed by atoms with Crippen molar-refractivity contribution in [3.8, 4) is 11.3 Å². The first-order chi connectivity index (χ1) is 16.1. The van der Waals surface area contributed by atoms with Gasteiger partial charge in [0.2, 0.25) is 5.95 Å². The van der Waals surface area contributed by atoms with E-state index < -0.39 is 0 Å². The number of aliphatic hydroxyl groups excluding tert-OH is 1. The summed E-state index contributed by atoms with van der Waals surface area (Å²) in [4.78, 5) is 14.2. The summed E-state index contributed by atoms with van der Waals surface area (Å²) in [6, 6.07) is 5.51. The summed E-state index contributed by atoms with van der Waals surface area (Å²) >= 11 is 0. The Bertz CT molecular complexity index is 860. The number of pyridine rings is 1. The largest absolute Gasteiger partial charge is 0.393 e. The highest BCUT2D eigenvalue weighted by atomic mass is 16.3. The van der Waals surface area contributed by atoms with Crippen molar-refractivity contribution in [2.75, 3.05) is 10.6 Å². The summed E-state index contributed by atoms with van der Waals surface area (Å²) in [7, 11) is 0. The van der Waals surface area contributed by atoms with Crippen molar-refractivity contribution in [2.24, 2.45) is 0 Å². The van der Waals surface area contributed by atoms with Crippen LogP contribution >= 0.6 is 0 Å². The molecule has 0 radical (unpaired) electrons. The van der Waals surface area contributed by atoms with Gasteiger partial charge in [0, 0.05) is 37.1 Å². The molecule has 2 aromatic heterocycles. The van der Waals surface area contributed by atoms with Crippen LogP contribution in [0, 0.1) is 0 Å². The van der Waals surface area contributed by atoms with Crippen LogP contribution in [0.25, 0.3) is 11.3 Å². The van der Waals surface area contributed by atoms with Crippen molar-refractivity contribution < 1.29 is 5.11 Å². The fourth-order valence-corrected chi connectivity index (χ4v) is 4.97. The van der Waals surface area contributed by atoms with Gasteiger partial charge >= 0.3 is 0 Å². The fourth-order valence-electron chi connectivity index (χ4n) is 4.97. The maximum atomic E-state index is 9.88. The number of aliphatic hydroxyl groups is 1. The molecule has 0 aliphatic heterocycles. The van der Waals surface area contributed by atoms with Crippen molar-refractivity contribution in [3.63, 3.8) is 0 Å². The maximum absolute atomic E-state index is 9.88. The van der Waals surface area contributed by atoms with Gasteiger partial charge in [0.25, 0.3) is 0 Å². The third kappa shape index (κ3) is 6.87. The highest BCUT2D eigenvalue weighted by Gasteiger charge is 2.22. The second-order valence-corrected chi connectivity index (χ2v) is 9.85. The highest BCUT2D eigenvalue weighted by molar-refractivity contribution is 5.73. The van der Waals surface area contributed by atoms with E-state index in [1.54, 1.807) is 0 Å². The molecule has 7 nitrogen and oxygen atoms in total. The molecule has 4 rings (SSSR count). The maximum Gasteiger partial charge on any atom is 0.224 e. The molecule has 1 atom stereocenters. The normalized spacial score (nSPS) is 22.3. The lowest BCUT2D eigenvalue weighted by molar-refractivity contribution is 0.126. The zero-order chi connectivity index (χ0) is 23.0. The molecule has 7 heteroatoms. The first-order valence-electron chi connectivity index (χ1n) is 12.9. The highest BCUT2D eigenvalue weighted by Crippen LogP contribution is 2.29. The summed E-state index contributed by atoms with van der Waals surface area (Å²) in [6.45, 7) is 5.21. The van der Waals surface area contributed by atoms with Gasteiger partial charge in [-0.2, -0.15) is 4.98 Å². The molecule has 4 N–H and O–H groups in total. The molecule has 0 aromatic carbocycles. The quantitative estimate of drug-likeness (QED) is 0.408. The Hall–Kier alpha value is -2.25. The average Bonchev–Trinajstić information content (AvgIpc) is 3.34. The van der Waals surface area contributed by atoms with Gasteiger partial charge < -0.3 is 21.1 Å². The van der Waals surface area contributed by atoms with Gasteiger partial charge in [-0.1, -0.05) is 32.3 Å². The Morgan fingerprint density at radius 3 is 2.48 bits per heavy atom. The lowest BCUT2D eigenvalue weighted by Gasteiger charge is -2.27. The Morgan fingerprint density at radius 1 is 1.00 bits per heavy atom. The molecule has 2 saturated carbocycles. The number of rotatable bonds is 10. The minimum absolute atomic E-state index is 0.174. The van der Waals surface area contributed by atoms with Gasteiger partial charge in [-0.15, -0.1) is 0 Å². The van der Waals surface area contributed by atoms with E-state index in [-0.39, 0.29) is 6.10 Å². The van der Waals surface area contributed by atoms with Gasteiger partial charge in [-0.05, 0) is 63.5 Å². The molecule has 0 amide bonds. The van der Waals surface area contributed by atoms with E-state index in [0.29, 0.717) is 24.1 Å². The lowest BCUT2D eigenvalue weighted by Crippen LogP contribution is -2.29. The Balaban J connectivity index is 1.49. The summed E-state index contributed by atoms with van der Waals surface area (Å²) in [5.41, 5.74) is 3.00. The molecular formula is C26H40N6O. The molecule has 2 fully saturated rings. The van der Waals surface area contributed by atoms with Crippen LogP contribution in [0.5, 0.6) is 0 Å². The third-order valence-electron chi connectivity index (χ3n) is 6.97. The molecule has 180 valence electrons. The van der Waals surface area contributed by atoms with E-state index in [1.165, 1.54) is 31.2 Å². The molecule has 2 aliphatic carbocycles. The molecule has 0 bridgehead atoms. The van der Waals surface area contributed by atoms with Crippen LogP contribution in [0.2, 0.25) is 0 Å². The SMILES string of the molecule is CCCC(C)Nc1ncc(-c2ccc(CNC3CCCC3)cn2)c(NC2CCC(O)CC2)n1. The minimum Gasteiger partial charge on any atom is -0.393 e. The smallest absolute Gasteiger partial charge is 0.224 e. The first kappa shape index (κ1) is 23.9. The van der Waals surface area contributed by atoms with E-state index in [9.17, 15) is 5.11 Å². The fraction of sp³-hybridized carbons (Fsp3) is 0.654. The number of hydrogen-bond acceptors (Lipinski definition) is 7. The number of nitrogens with zero attached hydrogens (tertiary/aromatic N) is 3. The monoisotopic (exact) mass is 452 g/mol. The summed E-state index contributed by atoms with van der Waals surface area (Å²) < 4.78 is 0. The molecule has 2 aliphatic rings. The van der Waals surface area contributed by atoms with E-state index in [2.05, 4.69) is 46.9 Å². The third-order valence-corrected chi connectivity index (χ3v) is 6.97. The topological polar surface area (TPSA) is 95.0 Å². The van der Waals surface area contributed by atoms with Crippen molar-refractivity contribution in [1.82, 2.24) is 20.3 Å². The Labute approximate surface area is 198 Å². The lowest BCUT2D eigenvalue weighted by atomic mass is 9.93. The molecule has 0 saturated heterocycles. The van der Waals surface area contributed by atoms with Crippen molar-refractivity contribution in [2.45, 2.75) is 109 Å². The predicted molar refractivity (Wildman–Crippen MR) is 134 cm³/mol. The molecule has 2 aromatic rings. The Kier molecular flexibility index (Phi) is 8.51. The summed E-state index contributed by atoms with van der Waals surface area (Å²) in [5, 5.41) is 20.6. The van der Waals surface area contributed by atoms with E-state index in [0.717, 1.165) is 62.1 Å². The number of aromatic nitrogens is 3. The van der Waals surface area contributed by atoms with Gasteiger partial charge in [-0.3, -0.25) is 4.98 Å². The number of anilines is 2. The first-order valence-corrected chi connectivity index (χ1v) is 12.9. The van der Waals surface area contributed by atoms with Gasteiger partial charge in [-0.25, -0.2) is 4.98 Å². The van der Waals surface area contributed by atoms with Crippen LogP contribution in [0.1, 0.15) is 83.6 Å². The van der Waals surface area contributed by atoms with Gasteiger partial charge in [0.1, 0.15) is 5.82 Å². The summed E-state index contributed by atoms with van der Waals surface area (Å²) in [6.07, 6.45) is 14.7. The van der Waals surface area contributed by atoms with Crippen LogP contribution in [0.3, 0.4) is 0 Å². The minimum atomic E-state index is -0.174. The molecule has 2 heterocycles. The van der Waals surface area contributed by atoms with Crippen LogP contribution < -0.4 is 16.0 Å². The zero-order valence-corrected chi connectivity index (χ0v) is 20.2. The van der Waals surface area contributed by atoms with E-state index in [1.807, 2.05) is 12.4 Å². The zero-order valence-electron chi connectivity index (χ0n) is 20.2. The van der Waals surface area contributed by atoms with Crippen LogP contribution in [-0.4, -0.2) is 44.3 Å². The number of nitrogens with one attached hydrogen (secondary N) is 3. The van der Waals surface area contributed by atoms with Gasteiger partial charge in [0.05, 0.1) is 17.4 Å². The Morgan fingerprint density at radius 2 is 1.79 bits per heavy atom. The molecule has 1 unspecified atom stereocenters. The van der Waals surface area contributed by atoms with E-state index in [4.69, 9.17) is 9.97 Å². The van der Waals surface area contributed by atoms with Crippen molar-refractivity contribution in [3.05, 3.63) is 30.1 Å². The second-order valence-electron chi connectivity index (χ2n) is 9.85. The number of hydrogen-bond donors (Lipinski definition) is 4. The van der Waals surface area contributed by atoms with Crippen LogP contribution in [0.4, 0.5) is 11.8 Å².